The van der Waals surface area contributed by atoms with Crippen LogP contribution in [0, 0.1) is 0 Å². The van der Waals surface area contributed by atoms with E-state index < -0.39 is 54.5 Å². The first-order chi connectivity index (χ1) is 14.1. The lowest BCUT2D eigenvalue weighted by atomic mass is 9.96. The molecule has 172 valence electrons. The summed E-state index contributed by atoms with van der Waals surface area (Å²) in [7, 11) is 0. The SMILES string of the molecule is CC(=O)N[C@H]1C(OCCOCCN)O[C@H](COC(C)=O)[C@H](OC(C)=O)[C@@H]1OC(C)=O. The summed E-state index contributed by atoms with van der Waals surface area (Å²) in [5, 5.41) is 2.60. The summed E-state index contributed by atoms with van der Waals surface area (Å²) in [4.78, 5) is 46.4. The maximum atomic E-state index is 11.8. The van der Waals surface area contributed by atoms with Gasteiger partial charge in [-0.25, -0.2) is 0 Å². The number of ether oxygens (including phenoxy) is 6. The quantitative estimate of drug-likeness (QED) is 0.224. The third-order valence-corrected chi connectivity index (χ3v) is 3.84. The Bertz CT molecular complexity index is 600. The van der Waals surface area contributed by atoms with Crippen molar-refractivity contribution in [1.82, 2.24) is 5.32 Å². The molecule has 3 N–H and O–H groups in total. The van der Waals surface area contributed by atoms with E-state index >= 15 is 0 Å². The minimum absolute atomic E-state index is 0.0755. The molecule has 1 aliphatic heterocycles. The fraction of sp³-hybridized carbons (Fsp3) is 0.778. The first-order valence-electron chi connectivity index (χ1n) is 9.45. The number of esters is 3. The Hall–Kier alpha value is -2.28. The van der Waals surface area contributed by atoms with Crippen LogP contribution >= 0.6 is 0 Å². The number of nitrogens with one attached hydrogen (secondary N) is 1. The Labute approximate surface area is 174 Å². The molecular weight excluding hydrogens is 404 g/mol. The second kappa shape index (κ2) is 13.1. The van der Waals surface area contributed by atoms with E-state index in [-0.39, 0.29) is 19.8 Å². The number of hydrogen-bond acceptors (Lipinski definition) is 11. The molecule has 0 aromatic heterocycles. The molecule has 1 aliphatic rings. The van der Waals surface area contributed by atoms with Crippen LogP contribution in [-0.4, -0.2) is 87.4 Å². The molecule has 1 amide bonds. The molecular formula is C18H30N2O10. The number of carbonyl (C=O) groups is 4. The molecule has 1 unspecified atom stereocenters. The van der Waals surface area contributed by atoms with Crippen LogP contribution in [0.25, 0.3) is 0 Å². The third kappa shape index (κ3) is 9.03. The average molecular weight is 434 g/mol. The van der Waals surface area contributed by atoms with Gasteiger partial charge < -0.3 is 39.5 Å². The van der Waals surface area contributed by atoms with Crippen LogP contribution in [0.2, 0.25) is 0 Å². The fourth-order valence-corrected chi connectivity index (χ4v) is 2.84. The lowest BCUT2D eigenvalue weighted by Crippen LogP contribution is -2.66. The van der Waals surface area contributed by atoms with Gasteiger partial charge in [0.25, 0.3) is 0 Å². The summed E-state index contributed by atoms with van der Waals surface area (Å²) in [6, 6.07) is -1.00. The van der Waals surface area contributed by atoms with Crippen molar-refractivity contribution in [3.05, 3.63) is 0 Å². The van der Waals surface area contributed by atoms with Crippen molar-refractivity contribution in [1.29, 1.82) is 0 Å². The van der Waals surface area contributed by atoms with E-state index in [1.165, 1.54) is 27.7 Å². The minimum atomic E-state index is -1.16. The summed E-state index contributed by atoms with van der Waals surface area (Å²) in [6.45, 7) is 5.47. The van der Waals surface area contributed by atoms with Gasteiger partial charge in [0.15, 0.2) is 18.5 Å². The smallest absolute Gasteiger partial charge is 0.303 e. The molecule has 0 aromatic carbocycles. The molecule has 0 aromatic rings. The lowest BCUT2D eigenvalue weighted by molar-refractivity contribution is -0.279. The molecule has 12 heteroatoms. The van der Waals surface area contributed by atoms with Gasteiger partial charge in [0.1, 0.15) is 18.8 Å². The van der Waals surface area contributed by atoms with E-state index in [1.54, 1.807) is 0 Å². The Morgan fingerprint density at radius 3 is 2.07 bits per heavy atom. The highest BCUT2D eigenvalue weighted by Crippen LogP contribution is 2.28. The lowest BCUT2D eigenvalue weighted by Gasteiger charge is -2.44. The van der Waals surface area contributed by atoms with Gasteiger partial charge in [-0.15, -0.1) is 0 Å². The van der Waals surface area contributed by atoms with E-state index in [2.05, 4.69) is 5.32 Å². The largest absolute Gasteiger partial charge is 0.463 e. The summed E-state index contributed by atoms with van der Waals surface area (Å²) >= 11 is 0. The Balaban J connectivity index is 3.13. The highest BCUT2D eigenvalue weighted by Gasteiger charge is 2.51. The van der Waals surface area contributed by atoms with Gasteiger partial charge in [0.2, 0.25) is 5.91 Å². The van der Waals surface area contributed by atoms with E-state index in [9.17, 15) is 19.2 Å². The second-order valence-corrected chi connectivity index (χ2v) is 6.49. The van der Waals surface area contributed by atoms with Gasteiger partial charge in [-0.05, 0) is 0 Å². The van der Waals surface area contributed by atoms with Crippen molar-refractivity contribution in [2.45, 2.75) is 58.3 Å². The van der Waals surface area contributed by atoms with Gasteiger partial charge in [0, 0.05) is 34.2 Å². The van der Waals surface area contributed by atoms with Crippen LogP contribution in [0.3, 0.4) is 0 Å². The minimum Gasteiger partial charge on any atom is -0.463 e. The van der Waals surface area contributed by atoms with Crippen molar-refractivity contribution in [3.63, 3.8) is 0 Å². The highest BCUT2D eigenvalue weighted by molar-refractivity contribution is 5.73. The number of amides is 1. The topological polar surface area (TPSA) is 162 Å². The van der Waals surface area contributed by atoms with E-state index in [0.717, 1.165) is 0 Å². The molecule has 1 fully saturated rings. The average Bonchev–Trinajstić information content (AvgIpc) is 2.63. The van der Waals surface area contributed by atoms with Gasteiger partial charge in [-0.2, -0.15) is 0 Å². The number of hydrogen-bond donors (Lipinski definition) is 2. The van der Waals surface area contributed by atoms with Gasteiger partial charge in [-0.1, -0.05) is 0 Å². The Kier molecular flexibility index (Phi) is 11.3. The van der Waals surface area contributed by atoms with Crippen LogP contribution in [0.4, 0.5) is 0 Å². The molecule has 1 saturated heterocycles. The maximum absolute atomic E-state index is 11.8. The van der Waals surface area contributed by atoms with Crippen molar-refractivity contribution >= 4 is 23.8 Å². The number of rotatable bonds is 11. The van der Waals surface area contributed by atoms with Crippen LogP contribution in [0.1, 0.15) is 27.7 Å². The predicted molar refractivity (Wildman–Crippen MR) is 99.8 cm³/mol. The fourth-order valence-electron chi connectivity index (χ4n) is 2.84. The zero-order valence-electron chi connectivity index (χ0n) is 17.6. The molecule has 0 saturated carbocycles. The maximum Gasteiger partial charge on any atom is 0.303 e. The molecule has 0 radical (unpaired) electrons. The van der Waals surface area contributed by atoms with Crippen molar-refractivity contribution in [2.24, 2.45) is 5.73 Å². The molecule has 0 bridgehead atoms. The van der Waals surface area contributed by atoms with Crippen LogP contribution in [0.5, 0.6) is 0 Å². The van der Waals surface area contributed by atoms with E-state index in [0.29, 0.717) is 13.2 Å². The van der Waals surface area contributed by atoms with Crippen molar-refractivity contribution in [3.8, 4) is 0 Å². The van der Waals surface area contributed by atoms with E-state index in [4.69, 9.17) is 34.2 Å². The zero-order chi connectivity index (χ0) is 22.7. The summed E-state index contributed by atoms with van der Waals surface area (Å²) in [5.41, 5.74) is 5.36. The van der Waals surface area contributed by atoms with Crippen LogP contribution in [0.15, 0.2) is 0 Å². The predicted octanol–water partition coefficient (Wildman–Crippen LogP) is -1.37. The molecule has 1 heterocycles. The van der Waals surface area contributed by atoms with Crippen molar-refractivity contribution < 1.29 is 47.6 Å². The third-order valence-electron chi connectivity index (χ3n) is 3.84. The highest BCUT2D eigenvalue weighted by atomic mass is 16.7. The van der Waals surface area contributed by atoms with Gasteiger partial charge in [0.05, 0.1) is 19.8 Å². The van der Waals surface area contributed by atoms with Crippen molar-refractivity contribution in [2.75, 3.05) is 33.0 Å². The molecule has 12 nitrogen and oxygen atoms in total. The number of nitrogens with two attached hydrogens (primary N) is 1. The van der Waals surface area contributed by atoms with E-state index in [1.807, 2.05) is 0 Å². The molecule has 30 heavy (non-hydrogen) atoms. The van der Waals surface area contributed by atoms with Gasteiger partial charge >= 0.3 is 17.9 Å². The summed E-state index contributed by atoms with van der Waals surface area (Å²) < 4.78 is 32.4. The second-order valence-electron chi connectivity index (χ2n) is 6.49. The van der Waals surface area contributed by atoms with Gasteiger partial charge in [-0.3, -0.25) is 19.2 Å². The monoisotopic (exact) mass is 434 g/mol. The standard InChI is InChI=1S/C18H30N2O10/c1-10(21)20-15-17(29-13(4)24)16(28-12(3)23)14(9-27-11(2)22)30-18(15)26-8-7-25-6-5-19/h14-18H,5-9,19H2,1-4H3,(H,20,21)/t14-,15-,16+,17-,18?/m1/s1. The first-order valence-corrected chi connectivity index (χ1v) is 9.45. The molecule has 5 atom stereocenters. The Morgan fingerprint density at radius 1 is 0.900 bits per heavy atom. The summed E-state index contributed by atoms with van der Waals surface area (Å²) in [5.74, 6) is -2.38. The Morgan fingerprint density at radius 2 is 1.53 bits per heavy atom. The van der Waals surface area contributed by atoms with Crippen LogP contribution in [-0.2, 0) is 47.6 Å². The molecule has 0 aliphatic carbocycles. The number of carbonyl (C=O) groups excluding carboxylic acids is 4. The van der Waals surface area contributed by atoms with Crippen LogP contribution < -0.4 is 11.1 Å². The zero-order valence-corrected chi connectivity index (χ0v) is 17.6. The molecule has 0 spiro atoms. The first kappa shape index (κ1) is 25.8. The summed E-state index contributed by atoms with van der Waals surface area (Å²) in [6.07, 6.45) is -4.43. The molecule has 1 rings (SSSR count). The normalized spacial score (nSPS) is 25.8.